The zero-order valence-corrected chi connectivity index (χ0v) is 16.5. The number of hydrogen-bond acceptors (Lipinski definition) is 5. The standard InChI is InChI=1S/C21H18ClFN4O3/c22-14-5-3-12(4-6-14)18-8-17(20(29)25-19(11-28)13-1-2-13)21(30)27(26-18)16-7-15(23)9-24-10-16/h3-10,13,19,28H,1-2,11H2,(H,25,29)/t19-/m1/s1. The van der Waals surface area contributed by atoms with Gasteiger partial charge in [0.05, 0.1) is 36.4 Å². The number of pyridine rings is 1. The van der Waals surface area contributed by atoms with Gasteiger partial charge >= 0.3 is 0 Å². The van der Waals surface area contributed by atoms with Gasteiger partial charge in [0.1, 0.15) is 11.4 Å². The SMILES string of the molecule is O=C(N[C@H](CO)C1CC1)c1cc(-c2ccc(Cl)cc2)nn(-c2cncc(F)c2)c1=O. The van der Waals surface area contributed by atoms with Crippen LogP contribution in [0.1, 0.15) is 23.2 Å². The number of carbonyl (C=O) groups is 1. The van der Waals surface area contributed by atoms with E-state index in [0.717, 1.165) is 29.8 Å². The highest BCUT2D eigenvalue weighted by atomic mass is 35.5. The van der Waals surface area contributed by atoms with Crippen LogP contribution in [0, 0.1) is 11.7 Å². The van der Waals surface area contributed by atoms with Gasteiger partial charge in [-0.05, 0) is 37.0 Å². The highest BCUT2D eigenvalue weighted by molar-refractivity contribution is 6.30. The van der Waals surface area contributed by atoms with Gasteiger partial charge in [-0.1, -0.05) is 23.7 Å². The van der Waals surface area contributed by atoms with Crippen LogP contribution in [-0.2, 0) is 0 Å². The summed E-state index contributed by atoms with van der Waals surface area (Å²) in [4.78, 5) is 29.7. The number of aromatic nitrogens is 3. The fourth-order valence-electron chi connectivity index (χ4n) is 3.17. The molecule has 2 aromatic heterocycles. The monoisotopic (exact) mass is 428 g/mol. The molecule has 1 atom stereocenters. The number of rotatable bonds is 6. The molecule has 7 nitrogen and oxygen atoms in total. The minimum Gasteiger partial charge on any atom is -0.394 e. The van der Waals surface area contributed by atoms with E-state index in [2.05, 4.69) is 15.4 Å². The average Bonchev–Trinajstić information content (AvgIpc) is 3.58. The van der Waals surface area contributed by atoms with Crippen molar-refractivity contribution in [2.75, 3.05) is 6.61 Å². The van der Waals surface area contributed by atoms with Crippen molar-refractivity contribution < 1.29 is 14.3 Å². The van der Waals surface area contributed by atoms with Gasteiger partial charge in [0.25, 0.3) is 11.5 Å². The zero-order chi connectivity index (χ0) is 21.3. The van der Waals surface area contributed by atoms with E-state index in [1.54, 1.807) is 24.3 Å². The summed E-state index contributed by atoms with van der Waals surface area (Å²) in [5.74, 6) is -1.06. The largest absolute Gasteiger partial charge is 0.394 e. The van der Waals surface area contributed by atoms with Gasteiger partial charge in [-0.2, -0.15) is 9.78 Å². The number of aliphatic hydroxyl groups is 1. The van der Waals surface area contributed by atoms with Gasteiger partial charge in [-0.15, -0.1) is 0 Å². The lowest BCUT2D eigenvalue weighted by Gasteiger charge is -2.16. The van der Waals surface area contributed by atoms with Crippen molar-refractivity contribution >= 4 is 17.5 Å². The summed E-state index contributed by atoms with van der Waals surface area (Å²) in [6.45, 7) is -0.215. The van der Waals surface area contributed by atoms with Crippen molar-refractivity contribution in [3.8, 4) is 16.9 Å². The summed E-state index contributed by atoms with van der Waals surface area (Å²) < 4.78 is 14.6. The first-order valence-electron chi connectivity index (χ1n) is 9.39. The molecule has 9 heteroatoms. The molecule has 1 fully saturated rings. The van der Waals surface area contributed by atoms with E-state index in [4.69, 9.17) is 11.6 Å². The van der Waals surface area contributed by atoms with Crippen LogP contribution in [-0.4, -0.2) is 38.4 Å². The van der Waals surface area contributed by atoms with E-state index in [1.165, 1.54) is 12.3 Å². The molecule has 30 heavy (non-hydrogen) atoms. The number of halogens is 2. The van der Waals surface area contributed by atoms with Crippen LogP contribution in [0.5, 0.6) is 0 Å². The molecule has 0 saturated heterocycles. The fourth-order valence-corrected chi connectivity index (χ4v) is 3.29. The molecule has 2 heterocycles. The number of carbonyl (C=O) groups excluding carboxylic acids is 1. The van der Waals surface area contributed by atoms with E-state index in [0.29, 0.717) is 16.3 Å². The minimum absolute atomic E-state index is 0.0887. The van der Waals surface area contributed by atoms with Gasteiger partial charge in [0.2, 0.25) is 0 Å². The van der Waals surface area contributed by atoms with Crippen LogP contribution in [0.15, 0.2) is 53.6 Å². The third kappa shape index (κ3) is 4.24. The molecule has 0 aliphatic heterocycles. The summed E-state index contributed by atoms with van der Waals surface area (Å²) in [5.41, 5.74) is 0.147. The van der Waals surface area contributed by atoms with Crippen molar-refractivity contribution in [2.24, 2.45) is 5.92 Å². The first-order chi connectivity index (χ1) is 14.5. The lowest BCUT2D eigenvalue weighted by atomic mass is 10.1. The Labute approximate surface area is 176 Å². The van der Waals surface area contributed by atoms with Gasteiger partial charge in [-0.3, -0.25) is 14.6 Å². The quantitative estimate of drug-likeness (QED) is 0.629. The first kappa shape index (κ1) is 20.2. The van der Waals surface area contributed by atoms with Gasteiger partial charge in [0, 0.05) is 16.7 Å². The summed E-state index contributed by atoms with van der Waals surface area (Å²) in [6, 6.07) is 8.78. The van der Waals surface area contributed by atoms with Crippen LogP contribution in [0.2, 0.25) is 5.02 Å². The Morgan fingerprint density at radius 1 is 1.27 bits per heavy atom. The Balaban J connectivity index is 1.82. The molecule has 154 valence electrons. The van der Waals surface area contributed by atoms with Crippen molar-refractivity contribution in [1.82, 2.24) is 20.1 Å². The van der Waals surface area contributed by atoms with Crippen LogP contribution in [0.4, 0.5) is 4.39 Å². The zero-order valence-electron chi connectivity index (χ0n) is 15.8. The maximum absolute atomic E-state index is 13.7. The molecule has 4 rings (SSSR count). The van der Waals surface area contributed by atoms with Crippen molar-refractivity contribution in [1.29, 1.82) is 0 Å². The predicted molar refractivity (Wildman–Crippen MR) is 109 cm³/mol. The Bertz CT molecular complexity index is 1150. The third-order valence-electron chi connectivity index (χ3n) is 4.94. The first-order valence-corrected chi connectivity index (χ1v) is 9.77. The highest BCUT2D eigenvalue weighted by Gasteiger charge is 2.32. The molecule has 0 unspecified atom stereocenters. The molecular formula is C21H18ClFN4O3. The summed E-state index contributed by atoms with van der Waals surface area (Å²) >= 11 is 5.95. The minimum atomic E-state index is -0.717. The second-order valence-corrected chi connectivity index (χ2v) is 7.56. The van der Waals surface area contributed by atoms with E-state index in [-0.39, 0.29) is 23.8 Å². The van der Waals surface area contributed by atoms with Gasteiger partial charge in [0.15, 0.2) is 0 Å². The van der Waals surface area contributed by atoms with Crippen LogP contribution >= 0.6 is 11.6 Å². The van der Waals surface area contributed by atoms with Crippen LogP contribution in [0.3, 0.4) is 0 Å². The van der Waals surface area contributed by atoms with E-state index in [1.807, 2.05) is 0 Å². The molecule has 1 amide bonds. The smallest absolute Gasteiger partial charge is 0.284 e. The Morgan fingerprint density at radius 2 is 2.00 bits per heavy atom. The lowest BCUT2D eigenvalue weighted by Crippen LogP contribution is -2.42. The topological polar surface area (TPSA) is 97.1 Å². The lowest BCUT2D eigenvalue weighted by molar-refractivity contribution is 0.0906. The molecule has 2 N–H and O–H groups in total. The fraction of sp³-hybridized carbons (Fsp3) is 0.238. The second kappa shape index (κ2) is 8.33. The Hall–Kier alpha value is -3.10. The van der Waals surface area contributed by atoms with Crippen LogP contribution < -0.4 is 10.9 Å². The highest BCUT2D eigenvalue weighted by Crippen LogP contribution is 2.32. The predicted octanol–water partition coefficient (Wildman–Crippen LogP) is 2.59. The van der Waals surface area contributed by atoms with E-state index < -0.39 is 23.3 Å². The normalized spacial score (nSPS) is 14.4. The number of aliphatic hydroxyl groups excluding tert-OH is 1. The second-order valence-electron chi connectivity index (χ2n) is 7.13. The maximum Gasteiger partial charge on any atom is 0.284 e. The molecule has 0 spiro atoms. The Kier molecular flexibility index (Phi) is 5.61. The van der Waals surface area contributed by atoms with Crippen molar-refractivity contribution in [2.45, 2.75) is 18.9 Å². The number of nitrogens with zero attached hydrogens (tertiary/aromatic N) is 3. The summed E-state index contributed by atoms with van der Waals surface area (Å²) in [7, 11) is 0. The molecule has 1 aromatic carbocycles. The molecular weight excluding hydrogens is 411 g/mol. The van der Waals surface area contributed by atoms with E-state index in [9.17, 15) is 19.1 Å². The number of nitrogens with one attached hydrogen (secondary N) is 1. The number of benzene rings is 1. The van der Waals surface area contributed by atoms with Gasteiger partial charge < -0.3 is 10.4 Å². The molecule has 1 aliphatic rings. The molecule has 1 aliphatic carbocycles. The third-order valence-corrected chi connectivity index (χ3v) is 5.19. The van der Waals surface area contributed by atoms with Gasteiger partial charge in [-0.25, -0.2) is 4.39 Å². The average molecular weight is 429 g/mol. The van der Waals surface area contributed by atoms with E-state index >= 15 is 0 Å². The number of amides is 1. The molecule has 1 saturated carbocycles. The summed E-state index contributed by atoms with van der Waals surface area (Å²) in [5, 5.41) is 17.1. The van der Waals surface area contributed by atoms with Crippen LogP contribution in [0.25, 0.3) is 16.9 Å². The number of hydrogen-bond donors (Lipinski definition) is 2. The summed E-state index contributed by atoms with van der Waals surface area (Å²) in [6.07, 6.45) is 4.12. The molecule has 0 radical (unpaired) electrons. The van der Waals surface area contributed by atoms with Crippen molar-refractivity contribution in [3.05, 3.63) is 75.5 Å². The maximum atomic E-state index is 13.7. The van der Waals surface area contributed by atoms with Crippen molar-refractivity contribution in [3.63, 3.8) is 0 Å². The molecule has 3 aromatic rings. The Morgan fingerprint density at radius 3 is 2.63 bits per heavy atom. The molecule has 0 bridgehead atoms.